The number of hydrogen-bond acceptors (Lipinski definition) is 2. The van der Waals surface area contributed by atoms with E-state index >= 15 is 0 Å². The van der Waals surface area contributed by atoms with E-state index in [1.165, 1.54) is 0 Å². The SMILES string of the molecule is Cc1ccc(C#N)c(Br)n1. The van der Waals surface area contributed by atoms with Crippen LogP contribution in [-0.4, -0.2) is 4.98 Å². The van der Waals surface area contributed by atoms with Gasteiger partial charge in [0.25, 0.3) is 0 Å². The average molecular weight is 197 g/mol. The second-order valence-electron chi connectivity index (χ2n) is 1.90. The topological polar surface area (TPSA) is 36.7 Å². The third kappa shape index (κ3) is 1.34. The third-order valence-electron chi connectivity index (χ3n) is 1.11. The van der Waals surface area contributed by atoms with Gasteiger partial charge in [-0.25, -0.2) is 4.98 Å². The minimum Gasteiger partial charge on any atom is -0.245 e. The van der Waals surface area contributed by atoms with Crippen molar-refractivity contribution in [3.8, 4) is 6.07 Å². The van der Waals surface area contributed by atoms with Gasteiger partial charge < -0.3 is 0 Å². The summed E-state index contributed by atoms with van der Waals surface area (Å²) in [4.78, 5) is 4.04. The van der Waals surface area contributed by atoms with Gasteiger partial charge in [-0.2, -0.15) is 5.26 Å². The van der Waals surface area contributed by atoms with Gasteiger partial charge in [-0.05, 0) is 35.0 Å². The number of hydrogen-bond donors (Lipinski definition) is 0. The predicted molar refractivity (Wildman–Crippen MR) is 41.4 cm³/mol. The summed E-state index contributed by atoms with van der Waals surface area (Å²) in [6.45, 7) is 1.88. The number of nitriles is 1. The van der Waals surface area contributed by atoms with Crippen LogP contribution in [0.2, 0.25) is 0 Å². The Balaban J connectivity index is 3.23. The Morgan fingerprint density at radius 2 is 2.30 bits per heavy atom. The van der Waals surface area contributed by atoms with Crippen LogP contribution in [0.25, 0.3) is 0 Å². The number of rotatable bonds is 0. The normalized spacial score (nSPS) is 8.90. The number of pyridine rings is 1. The monoisotopic (exact) mass is 196 g/mol. The van der Waals surface area contributed by atoms with Crippen molar-refractivity contribution in [2.24, 2.45) is 0 Å². The molecule has 0 aliphatic rings. The van der Waals surface area contributed by atoms with Crippen molar-refractivity contribution in [3.05, 3.63) is 28.0 Å². The lowest BCUT2D eigenvalue weighted by Gasteiger charge is -1.93. The minimum atomic E-state index is 0.575. The first kappa shape index (κ1) is 7.23. The van der Waals surface area contributed by atoms with E-state index in [2.05, 4.69) is 20.9 Å². The first-order valence-electron chi connectivity index (χ1n) is 2.77. The standard InChI is InChI=1S/C7H5BrN2/c1-5-2-3-6(4-9)7(8)10-5/h2-3H,1H3. The minimum absolute atomic E-state index is 0.575. The highest BCUT2D eigenvalue weighted by atomic mass is 79.9. The molecular weight excluding hydrogens is 192 g/mol. The van der Waals surface area contributed by atoms with E-state index < -0.39 is 0 Å². The molecule has 0 aliphatic heterocycles. The molecule has 2 nitrogen and oxygen atoms in total. The highest BCUT2D eigenvalue weighted by Gasteiger charge is 1.97. The van der Waals surface area contributed by atoms with Crippen LogP contribution in [0.4, 0.5) is 0 Å². The molecule has 1 aromatic heterocycles. The molecule has 0 bridgehead atoms. The van der Waals surface area contributed by atoms with E-state index in [0.717, 1.165) is 5.69 Å². The van der Waals surface area contributed by atoms with E-state index in [9.17, 15) is 0 Å². The summed E-state index contributed by atoms with van der Waals surface area (Å²) < 4.78 is 0.620. The molecule has 1 heterocycles. The lowest BCUT2D eigenvalue weighted by Crippen LogP contribution is -1.84. The molecule has 0 radical (unpaired) electrons. The molecule has 0 fully saturated rings. The van der Waals surface area contributed by atoms with Crippen molar-refractivity contribution in [3.63, 3.8) is 0 Å². The van der Waals surface area contributed by atoms with Crippen molar-refractivity contribution in [1.82, 2.24) is 4.98 Å². The van der Waals surface area contributed by atoms with Crippen LogP contribution in [0.5, 0.6) is 0 Å². The molecule has 0 N–H and O–H groups in total. The van der Waals surface area contributed by atoms with Gasteiger partial charge in [0.1, 0.15) is 10.7 Å². The van der Waals surface area contributed by atoms with Crippen LogP contribution in [0.3, 0.4) is 0 Å². The fourth-order valence-electron chi connectivity index (χ4n) is 0.608. The smallest absolute Gasteiger partial charge is 0.124 e. The molecule has 1 rings (SSSR count). The van der Waals surface area contributed by atoms with Crippen molar-refractivity contribution in [1.29, 1.82) is 5.26 Å². The zero-order valence-electron chi connectivity index (χ0n) is 5.43. The Morgan fingerprint density at radius 1 is 1.60 bits per heavy atom. The summed E-state index contributed by atoms with van der Waals surface area (Å²) >= 11 is 3.17. The maximum absolute atomic E-state index is 8.49. The fraction of sp³-hybridized carbons (Fsp3) is 0.143. The van der Waals surface area contributed by atoms with E-state index in [1.807, 2.05) is 19.1 Å². The van der Waals surface area contributed by atoms with Crippen LogP contribution in [0, 0.1) is 18.3 Å². The van der Waals surface area contributed by atoms with E-state index in [4.69, 9.17) is 5.26 Å². The Bertz CT molecular complexity index is 288. The van der Waals surface area contributed by atoms with Crippen molar-refractivity contribution in [2.75, 3.05) is 0 Å². The summed E-state index contributed by atoms with van der Waals surface area (Å²) in [7, 11) is 0. The largest absolute Gasteiger partial charge is 0.245 e. The molecule has 0 aromatic carbocycles. The van der Waals surface area contributed by atoms with Crippen molar-refractivity contribution >= 4 is 15.9 Å². The molecule has 1 aromatic rings. The highest BCUT2D eigenvalue weighted by molar-refractivity contribution is 9.10. The lowest BCUT2D eigenvalue weighted by atomic mass is 10.3. The fourth-order valence-corrected chi connectivity index (χ4v) is 1.11. The molecule has 50 valence electrons. The van der Waals surface area contributed by atoms with Gasteiger partial charge in [-0.3, -0.25) is 0 Å². The maximum Gasteiger partial charge on any atom is 0.124 e. The molecular formula is C7H5BrN2. The Hall–Kier alpha value is -0.880. The van der Waals surface area contributed by atoms with Gasteiger partial charge in [-0.1, -0.05) is 0 Å². The van der Waals surface area contributed by atoms with Crippen LogP contribution in [-0.2, 0) is 0 Å². The zero-order valence-corrected chi connectivity index (χ0v) is 7.01. The molecule has 0 unspecified atom stereocenters. The molecule has 0 saturated carbocycles. The summed E-state index contributed by atoms with van der Waals surface area (Å²) in [6, 6.07) is 5.56. The van der Waals surface area contributed by atoms with Crippen molar-refractivity contribution < 1.29 is 0 Å². The van der Waals surface area contributed by atoms with Gasteiger partial charge in [0, 0.05) is 5.69 Å². The first-order chi connectivity index (χ1) is 4.74. The van der Waals surface area contributed by atoms with E-state index in [0.29, 0.717) is 10.2 Å². The number of nitrogens with zero attached hydrogens (tertiary/aromatic N) is 2. The number of aryl methyl sites for hydroxylation is 1. The molecule has 0 saturated heterocycles. The van der Waals surface area contributed by atoms with Gasteiger partial charge in [0.05, 0.1) is 5.56 Å². The van der Waals surface area contributed by atoms with Gasteiger partial charge in [0.2, 0.25) is 0 Å². The number of aromatic nitrogens is 1. The van der Waals surface area contributed by atoms with Crippen LogP contribution in [0.1, 0.15) is 11.3 Å². The molecule has 0 atom stereocenters. The molecule has 0 aliphatic carbocycles. The first-order valence-corrected chi connectivity index (χ1v) is 3.56. The van der Waals surface area contributed by atoms with Gasteiger partial charge in [-0.15, -0.1) is 0 Å². The number of halogens is 1. The van der Waals surface area contributed by atoms with Crippen molar-refractivity contribution in [2.45, 2.75) is 6.92 Å². The maximum atomic E-state index is 8.49. The third-order valence-corrected chi connectivity index (χ3v) is 1.71. The van der Waals surface area contributed by atoms with Crippen LogP contribution >= 0.6 is 15.9 Å². The molecule has 0 amide bonds. The van der Waals surface area contributed by atoms with E-state index in [1.54, 1.807) is 6.07 Å². The predicted octanol–water partition coefficient (Wildman–Crippen LogP) is 2.02. The lowest BCUT2D eigenvalue weighted by molar-refractivity contribution is 1.15. The summed E-state index contributed by atoms with van der Waals surface area (Å²) in [6.07, 6.45) is 0. The summed E-state index contributed by atoms with van der Waals surface area (Å²) in [5.41, 5.74) is 1.48. The Morgan fingerprint density at radius 3 is 2.80 bits per heavy atom. The second-order valence-corrected chi connectivity index (χ2v) is 2.65. The second kappa shape index (κ2) is 2.80. The zero-order chi connectivity index (χ0) is 7.56. The molecule has 0 spiro atoms. The Kier molecular flexibility index (Phi) is 2.03. The van der Waals surface area contributed by atoms with E-state index in [-0.39, 0.29) is 0 Å². The quantitative estimate of drug-likeness (QED) is 0.596. The van der Waals surface area contributed by atoms with Crippen LogP contribution < -0.4 is 0 Å². The summed E-state index contributed by atoms with van der Waals surface area (Å²) in [5, 5.41) is 8.49. The molecule has 3 heteroatoms. The van der Waals surface area contributed by atoms with Crippen LogP contribution in [0.15, 0.2) is 16.7 Å². The van der Waals surface area contributed by atoms with Gasteiger partial charge in [0.15, 0.2) is 0 Å². The highest BCUT2D eigenvalue weighted by Crippen LogP contribution is 2.12. The Labute approximate surface area is 67.6 Å². The molecule has 10 heavy (non-hydrogen) atoms. The summed E-state index contributed by atoms with van der Waals surface area (Å²) in [5.74, 6) is 0. The van der Waals surface area contributed by atoms with Gasteiger partial charge >= 0.3 is 0 Å². The average Bonchev–Trinajstić information content (AvgIpc) is 1.88.